The van der Waals surface area contributed by atoms with Crippen molar-refractivity contribution in [3.05, 3.63) is 22.8 Å². The van der Waals surface area contributed by atoms with Crippen LogP contribution in [0.3, 0.4) is 0 Å². The van der Waals surface area contributed by atoms with Gasteiger partial charge in [0.15, 0.2) is 0 Å². The predicted octanol–water partition coefficient (Wildman–Crippen LogP) is 1.27. The Hall–Kier alpha value is -2.02. The zero-order valence-electron chi connectivity index (χ0n) is 15.9. The van der Waals surface area contributed by atoms with Gasteiger partial charge in [-0.1, -0.05) is 0 Å². The molecule has 26 heavy (non-hydrogen) atoms. The van der Waals surface area contributed by atoms with Gasteiger partial charge in [0.2, 0.25) is 5.91 Å². The first-order valence-corrected chi connectivity index (χ1v) is 9.50. The third-order valence-electron chi connectivity index (χ3n) is 5.22. The number of hydrogen-bond acceptors (Lipinski definition) is 5. The number of carbonyl (C=O) groups is 2. The highest BCUT2D eigenvalue weighted by Crippen LogP contribution is 2.28. The molecule has 0 aliphatic carbocycles. The quantitative estimate of drug-likeness (QED) is 0.855. The molecule has 2 unspecified atom stereocenters. The fourth-order valence-corrected chi connectivity index (χ4v) is 3.77. The Balaban J connectivity index is 1.68. The van der Waals surface area contributed by atoms with Gasteiger partial charge in [-0.25, -0.2) is 9.97 Å². The lowest BCUT2D eigenvalue weighted by Crippen LogP contribution is -2.37. The Morgan fingerprint density at radius 3 is 2.58 bits per heavy atom. The van der Waals surface area contributed by atoms with Crippen molar-refractivity contribution >= 4 is 11.8 Å². The maximum Gasteiger partial charge on any atom is 0.251 e. The molecule has 1 N–H and O–H groups in total. The number of amides is 2. The molecule has 2 fully saturated rings. The predicted molar refractivity (Wildman–Crippen MR) is 96.8 cm³/mol. The van der Waals surface area contributed by atoms with E-state index in [-0.39, 0.29) is 23.8 Å². The summed E-state index contributed by atoms with van der Waals surface area (Å²) in [6, 6.07) is 0. The summed E-state index contributed by atoms with van der Waals surface area (Å²) in [4.78, 5) is 35.6. The number of rotatable bonds is 5. The van der Waals surface area contributed by atoms with E-state index >= 15 is 0 Å². The summed E-state index contributed by atoms with van der Waals surface area (Å²) in [6.07, 6.45) is 2.69. The van der Waals surface area contributed by atoms with Crippen LogP contribution in [0.4, 0.5) is 0 Å². The van der Waals surface area contributed by atoms with Crippen molar-refractivity contribution < 1.29 is 14.3 Å². The Morgan fingerprint density at radius 1 is 1.23 bits per heavy atom. The maximum atomic E-state index is 12.5. The first kappa shape index (κ1) is 18.8. The van der Waals surface area contributed by atoms with E-state index in [1.54, 1.807) is 0 Å². The molecule has 2 saturated heterocycles. The fraction of sp³-hybridized carbons (Fsp3) is 0.684. The SMILES string of the molecule is CCNC(=O)Cc1c(C)nc(C2CCN(C(=O)C3CCCO3)C2)nc1C. The molecular weight excluding hydrogens is 332 g/mol. The van der Waals surface area contributed by atoms with Crippen LogP contribution < -0.4 is 5.32 Å². The molecule has 0 aromatic carbocycles. The third-order valence-corrected chi connectivity index (χ3v) is 5.22. The van der Waals surface area contributed by atoms with E-state index in [1.165, 1.54) is 0 Å². The van der Waals surface area contributed by atoms with Gasteiger partial charge in [-0.05, 0) is 40.0 Å². The summed E-state index contributed by atoms with van der Waals surface area (Å²) >= 11 is 0. The number of nitrogens with zero attached hydrogens (tertiary/aromatic N) is 3. The maximum absolute atomic E-state index is 12.5. The lowest BCUT2D eigenvalue weighted by molar-refractivity contribution is -0.139. The number of hydrogen-bond donors (Lipinski definition) is 1. The lowest BCUT2D eigenvalue weighted by atomic mass is 10.0. The van der Waals surface area contributed by atoms with Crippen molar-refractivity contribution in [2.24, 2.45) is 0 Å². The van der Waals surface area contributed by atoms with E-state index in [4.69, 9.17) is 4.74 Å². The minimum Gasteiger partial charge on any atom is -0.368 e. The van der Waals surface area contributed by atoms with Crippen molar-refractivity contribution in [1.29, 1.82) is 0 Å². The summed E-state index contributed by atoms with van der Waals surface area (Å²) in [5.41, 5.74) is 2.59. The topological polar surface area (TPSA) is 84.4 Å². The number of likely N-dealkylation sites (N-methyl/N-ethyl adjacent to an activating group) is 1. The Morgan fingerprint density at radius 2 is 1.96 bits per heavy atom. The number of likely N-dealkylation sites (tertiary alicyclic amines) is 1. The number of ether oxygens (including phenoxy) is 1. The summed E-state index contributed by atoms with van der Waals surface area (Å²) in [6.45, 7) is 8.43. The third kappa shape index (κ3) is 4.03. The number of aromatic nitrogens is 2. The first-order valence-electron chi connectivity index (χ1n) is 9.50. The molecular formula is C19H28N4O3. The van der Waals surface area contributed by atoms with Crippen LogP contribution in [-0.4, -0.2) is 59.0 Å². The van der Waals surface area contributed by atoms with Gasteiger partial charge in [0.05, 0.1) is 6.42 Å². The van der Waals surface area contributed by atoms with Gasteiger partial charge < -0.3 is 15.0 Å². The molecule has 142 valence electrons. The van der Waals surface area contributed by atoms with Crippen LogP contribution in [0, 0.1) is 13.8 Å². The van der Waals surface area contributed by atoms with Gasteiger partial charge in [-0.2, -0.15) is 0 Å². The molecule has 7 nitrogen and oxygen atoms in total. The van der Waals surface area contributed by atoms with Crippen LogP contribution in [-0.2, 0) is 20.7 Å². The molecule has 0 spiro atoms. The molecule has 7 heteroatoms. The summed E-state index contributed by atoms with van der Waals surface area (Å²) in [5, 5.41) is 2.81. The van der Waals surface area contributed by atoms with Crippen molar-refractivity contribution in [3.8, 4) is 0 Å². The molecule has 3 heterocycles. The fourth-order valence-electron chi connectivity index (χ4n) is 3.77. The summed E-state index contributed by atoms with van der Waals surface area (Å²) < 4.78 is 5.52. The minimum absolute atomic E-state index is 0.00995. The molecule has 3 rings (SSSR count). The minimum atomic E-state index is -0.266. The highest BCUT2D eigenvalue weighted by atomic mass is 16.5. The van der Waals surface area contributed by atoms with E-state index in [9.17, 15) is 9.59 Å². The lowest BCUT2D eigenvalue weighted by Gasteiger charge is -2.20. The second-order valence-electron chi connectivity index (χ2n) is 7.13. The van der Waals surface area contributed by atoms with Crippen LogP contribution in [0.1, 0.15) is 54.9 Å². The number of aryl methyl sites for hydroxylation is 2. The average molecular weight is 360 g/mol. The van der Waals surface area contributed by atoms with Crippen LogP contribution in [0.25, 0.3) is 0 Å². The van der Waals surface area contributed by atoms with Crippen LogP contribution in [0.15, 0.2) is 0 Å². The van der Waals surface area contributed by atoms with Crippen molar-refractivity contribution in [1.82, 2.24) is 20.2 Å². The van der Waals surface area contributed by atoms with E-state index in [1.807, 2.05) is 25.7 Å². The van der Waals surface area contributed by atoms with E-state index < -0.39 is 0 Å². The molecule has 2 amide bonds. The smallest absolute Gasteiger partial charge is 0.251 e. The van der Waals surface area contributed by atoms with Crippen LogP contribution in [0.5, 0.6) is 0 Å². The molecule has 2 aliphatic rings. The van der Waals surface area contributed by atoms with Gasteiger partial charge >= 0.3 is 0 Å². The Labute approximate surface area is 154 Å². The molecule has 1 aromatic rings. The van der Waals surface area contributed by atoms with Gasteiger partial charge in [0.1, 0.15) is 11.9 Å². The monoisotopic (exact) mass is 360 g/mol. The summed E-state index contributed by atoms with van der Waals surface area (Å²) in [5.74, 6) is 1.02. The van der Waals surface area contributed by atoms with Crippen molar-refractivity contribution in [2.75, 3.05) is 26.2 Å². The average Bonchev–Trinajstić information content (AvgIpc) is 3.29. The molecule has 0 bridgehead atoms. The standard InChI is InChI=1S/C19H28N4O3/c1-4-20-17(24)10-15-12(2)21-18(22-13(15)3)14-7-8-23(11-14)19(25)16-6-5-9-26-16/h14,16H,4-11H2,1-3H3,(H,20,24). The van der Waals surface area contributed by atoms with Gasteiger partial charge in [-0.3, -0.25) is 9.59 Å². The summed E-state index contributed by atoms with van der Waals surface area (Å²) in [7, 11) is 0. The van der Waals surface area contributed by atoms with E-state index in [0.29, 0.717) is 26.1 Å². The van der Waals surface area contributed by atoms with Crippen molar-refractivity contribution in [3.63, 3.8) is 0 Å². The largest absolute Gasteiger partial charge is 0.368 e. The van der Waals surface area contributed by atoms with Gasteiger partial charge in [0.25, 0.3) is 5.91 Å². The normalized spacial score (nSPS) is 22.7. The number of carbonyl (C=O) groups excluding carboxylic acids is 2. The van der Waals surface area contributed by atoms with E-state index in [0.717, 1.165) is 48.6 Å². The van der Waals surface area contributed by atoms with Gasteiger partial charge in [0, 0.05) is 49.1 Å². The highest BCUT2D eigenvalue weighted by molar-refractivity contribution is 5.81. The van der Waals surface area contributed by atoms with Crippen LogP contribution >= 0.6 is 0 Å². The Bertz CT molecular complexity index is 662. The zero-order chi connectivity index (χ0) is 18.7. The highest BCUT2D eigenvalue weighted by Gasteiger charge is 2.34. The van der Waals surface area contributed by atoms with E-state index in [2.05, 4.69) is 15.3 Å². The number of nitrogens with one attached hydrogen (secondary N) is 1. The molecule has 0 radical (unpaired) electrons. The Kier molecular flexibility index (Phi) is 5.86. The van der Waals surface area contributed by atoms with Crippen molar-refractivity contribution in [2.45, 2.75) is 58.5 Å². The first-order chi connectivity index (χ1) is 12.5. The molecule has 2 atom stereocenters. The second kappa shape index (κ2) is 8.12. The molecule has 2 aliphatic heterocycles. The second-order valence-corrected chi connectivity index (χ2v) is 7.13. The molecule has 1 aromatic heterocycles. The zero-order valence-corrected chi connectivity index (χ0v) is 15.9. The molecule has 0 saturated carbocycles. The van der Waals surface area contributed by atoms with Gasteiger partial charge in [-0.15, -0.1) is 0 Å². The van der Waals surface area contributed by atoms with Crippen LogP contribution in [0.2, 0.25) is 0 Å².